The van der Waals surface area contributed by atoms with Crippen molar-refractivity contribution in [2.45, 2.75) is 37.6 Å². The normalized spacial score (nSPS) is 14.4. The molecule has 0 saturated heterocycles. The monoisotopic (exact) mass is 464 g/mol. The second-order valence-corrected chi connectivity index (χ2v) is 10.00. The summed E-state index contributed by atoms with van der Waals surface area (Å²) in [5.74, 6) is 0.831. The van der Waals surface area contributed by atoms with Gasteiger partial charge in [0.15, 0.2) is 0 Å². The van der Waals surface area contributed by atoms with E-state index in [1.165, 1.54) is 10.5 Å². The fourth-order valence-electron chi connectivity index (χ4n) is 3.58. The van der Waals surface area contributed by atoms with E-state index in [0.29, 0.717) is 18.1 Å². The summed E-state index contributed by atoms with van der Waals surface area (Å²) < 4.78 is 27.6. The number of benzene rings is 2. The lowest BCUT2D eigenvalue weighted by Gasteiger charge is -2.23. The number of hydrogen-bond donors (Lipinski definition) is 2. The van der Waals surface area contributed by atoms with Crippen LogP contribution in [0.5, 0.6) is 0 Å². The lowest BCUT2D eigenvalue weighted by molar-refractivity contribution is -0.117. The van der Waals surface area contributed by atoms with Crippen molar-refractivity contribution in [1.29, 1.82) is 0 Å². The Bertz CT molecular complexity index is 1190. The summed E-state index contributed by atoms with van der Waals surface area (Å²) in [6, 6.07) is 19.9. The molecule has 0 bridgehead atoms. The molecule has 1 atom stereocenters. The predicted molar refractivity (Wildman–Crippen MR) is 131 cm³/mol. The summed E-state index contributed by atoms with van der Waals surface area (Å²) in [5.41, 5.74) is 2.43. The van der Waals surface area contributed by atoms with Gasteiger partial charge in [0.1, 0.15) is 10.7 Å². The number of amides is 1. The van der Waals surface area contributed by atoms with Crippen molar-refractivity contribution in [1.82, 2.24) is 4.98 Å². The number of rotatable bonds is 9. The highest BCUT2D eigenvalue weighted by Gasteiger charge is 2.29. The molecule has 0 radical (unpaired) electrons. The van der Waals surface area contributed by atoms with Gasteiger partial charge in [0.05, 0.1) is 5.69 Å². The summed E-state index contributed by atoms with van der Waals surface area (Å²) in [6.45, 7) is 4.12. The third-order valence-corrected chi connectivity index (χ3v) is 7.53. The second kappa shape index (κ2) is 9.62. The number of anilines is 3. The van der Waals surface area contributed by atoms with Gasteiger partial charge in [-0.05, 0) is 68.7 Å². The van der Waals surface area contributed by atoms with E-state index in [1.807, 2.05) is 49.4 Å². The molecule has 4 rings (SSSR count). The molecule has 7 nitrogen and oxygen atoms in total. The Labute approximate surface area is 194 Å². The first-order chi connectivity index (χ1) is 15.9. The standard InChI is InChI=1S/C25H28N4O3S/c1-3-29(22-7-5-4-6-8-22)33(31,32)23-15-16-24(26-17-23)27-18(2)19-11-13-21(14-12-19)28-25(30)20-9-10-20/h4-8,11-18,20H,3,9-10H2,1-2H3,(H,26,27)(H,28,30). The molecular formula is C25H28N4O3S. The van der Waals surface area contributed by atoms with E-state index in [4.69, 9.17) is 0 Å². The summed E-state index contributed by atoms with van der Waals surface area (Å²) >= 11 is 0. The number of nitrogens with zero attached hydrogens (tertiary/aromatic N) is 2. The molecular weight excluding hydrogens is 436 g/mol. The zero-order valence-corrected chi connectivity index (χ0v) is 19.5. The molecule has 172 valence electrons. The van der Waals surface area contributed by atoms with Crippen molar-refractivity contribution in [2.24, 2.45) is 5.92 Å². The van der Waals surface area contributed by atoms with Gasteiger partial charge >= 0.3 is 0 Å². The minimum absolute atomic E-state index is 0.0513. The maximum atomic E-state index is 13.1. The summed E-state index contributed by atoms with van der Waals surface area (Å²) in [6.07, 6.45) is 3.33. The summed E-state index contributed by atoms with van der Waals surface area (Å²) in [4.78, 5) is 16.4. The van der Waals surface area contributed by atoms with E-state index in [0.717, 1.165) is 24.1 Å². The lowest BCUT2D eigenvalue weighted by atomic mass is 10.1. The number of pyridine rings is 1. The van der Waals surface area contributed by atoms with Crippen molar-refractivity contribution in [3.05, 3.63) is 78.5 Å². The van der Waals surface area contributed by atoms with E-state index in [2.05, 4.69) is 15.6 Å². The van der Waals surface area contributed by atoms with Gasteiger partial charge in [-0.1, -0.05) is 30.3 Å². The Morgan fingerprint density at radius 3 is 2.33 bits per heavy atom. The number of aromatic nitrogens is 1. The minimum atomic E-state index is -3.71. The van der Waals surface area contributed by atoms with Crippen molar-refractivity contribution < 1.29 is 13.2 Å². The van der Waals surface area contributed by atoms with E-state index in [-0.39, 0.29) is 22.8 Å². The molecule has 0 aliphatic heterocycles. The van der Waals surface area contributed by atoms with Crippen LogP contribution in [0.2, 0.25) is 0 Å². The second-order valence-electron chi connectivity index (χ2n) is 8.14. The van der Waals surface area contributed by atoms with E-state index in [1.54, 1.807) is 31.2 Å². The Morgan fingerprint density at radius 2 is 1.76 bits per heavy atom. The lowest BCUT2D eigenvalue weighted by Crippen LogP contribution is -2.30. The van der Waals surface area contributed by atoms with Crippen LogP contribution in [0, 0.1) is 5.92 Å². The molecule has 1 amide bonds. The topological polar surface area (TPSA) is 91.4 Å². The number of para-hydroxylation sites is 1. The number of carbonyl (C=O) groups excluding carboxylic acids is 1. The largest absolute Gasteiger partial charge is 0.364 e. The fraction of sp³-hybridized carbons (Fsp3) is 0.280. The highest BCUT2D eigenvalue weighted by molar-refractivity contribution is 7.92. The van der Waals surface area contributed by atoms with E-state index >= 15 is 0 Å². The number of hydrogen-bond acceptors (Lipinski definition) is 5. The van der Waals surface area contributed by atoms with E-state index in [9.17, 15) is 13.2 Å². The Kier molecular flexibility index (Phi) is 6.65. The molecule has 1 aliphatic carbocycles. The van der Waals surface area contributed by atoms with Crippen LogP contribution in [0.15, 0.2) is 77.8 Å². The first-order valence-electron chi connectivity index (χ1n) is 11.1. The molecule has 1 saturated carbocycles. The Morgan fingerprint density at radius 1 is 1.06 bits per heavy atom. The molecule has 1 heterocycles. The SMILES string of the molecule is CCN(c1ccccc1)S(=O)(=O)c1ccc(NC(C)c2ccc(NC(=O)C3CC3)cc2)nc1. The van der Waals surface area contributed by atoms with Crippen molar-refractivity contribution >= 4 is 33.1 Å². The molecule has 0 spiro atoms. The predicted octanol–water partition coefficient (Wildman–Crippen LogP) is 4.82. The van der Waals surface area contributed by atoms with Crippen LogP contribution in [0.1, 0.15) is 38.3 Å². The zero-order chi connectivity index (χ0) is 23.4. The molecule has 1 aliphatic rings. The average molecular weight is 465 g/mol. The third kappa shape index (κ3) is 5.34. The number of sulfonamides is 1. The molecule has 2 N–H and O–H groups in total. The maximum absolute atomic E-state index is 13.1. The van der Waals surface area contributed by atoms with Gasteiger partial charge in [-0.25, -0.2) is 13.4 Å². The van der Waals surface area contributed by atoms with Crippen LogP contribution in [0.4, 0.5) is 17.2 Å². The van der Waals surface area contributed by atoms with Crippen molar-refractivity contribution in [3.63, 3.8) is 0 Å². The van der Waals surface area contributed by atoms with Crippen LogP contribution in [-0.4, -0.2) is 25.9 Å². The van der Waals surface area contributed by atoms with Gasteiger partial charge in [0.2, 0.25) is 5.91 Å². The average Bonchev–Trinajstić information content (AvgIpc) is 3.67. The van der Waals surface area contributed by atoms with Gasteiger partial charge in [-0.15, -0.1) is 0 Å². The quantitative estimate of drug-likeness (QED) is 0.474. The Balaban J connectivity index is 1.42. The van der Waals surface area contributed by atoms with Crippen molar-refractivity contribution in [3.8, 4) is 0 Å². The van der Waals surface area contributed by atoms with Crippen LogP contribution >= 0.6 is 0 Å². The van der Waals surface area contributed by atoms with Gasteiger partial charge < -0.3 is 10.6 Å². The molecule has 1 fully saturated rings. The summed E-state index contributed by atoms with van der Waals surface area (Å²) in [7, 11) is -3.71. The fourth-order valence-corrected chi connectivity index (χ4v) is 5.00. The van der Waals surface area contributed by atoms with Crippen LogP contribution < -0.4 is 14.9 Å². The first-order valence-corrected chi connectivity index (χ1v) is 12.5. The minimum Gasteiger partial charge on any atom is -0.364 e. The number of nitrogens with one attached hydrogen (secondary N) is 2. The molecule has 2 aromatic carbocycles. The molecule has 3 aromatic rings. The van der Waals surface area contributed by atoms with Crippen LogP contribution in [-0.2, 0) is 14.8 Å². The first kappa shape index (κ1) is 22.8. The van der Waals surface area contributed by atoms with Gasteiger partial charge in [0, 0.05) is 30.4 Å². The maximum Gasteiger partial charge on any atom is 0.265 e. The molecule has 1 unspecified atom stereocenters. The zero-order valence-electron chi connectivity index (χ0n) is 18.7. The van der Waals surface area contributed by atoms with Crippen molar-refractivity contribution in [2.75, 3.05) is 21.5 Å². The smallest absolute Gasteiger partial charge is 0.265 e. The Hall–Kier alpha value is -3.39. The summed E-state index contributed by atoms with van der Waals surface area (Å²) in [5, 5.41) is 6.23. The third-order valence-electron chi connectivity index (χ3n) is 5.65. The van der Waals surface area contributed by atoms with E-state index < -0.39 is 10.0 Å². The van der Waals surface area contributed by atoms with Crippen LogP contribution in [0.3, 0.4) is 0 Å². The molecule has 8 heteroatoms. The van der Waals surface area contributed by atoms with Crippen LogP contribution in [0.25, 0.3) is 0 Å². The molecule has 1 aromatic heterocycles. The highest BCUT2D eigenvalue weighted by atomic mass is 32.2. The van der Waals surface area contributed by atoms with Gasteiger partial charge in [0.25, 0.3) is 10.0 Å². The number of carbonyl (C=O) groups is 1. The molecule has 33 heavy (non-hydrogen) atoms. The van der Waals surface area contributed by atoms with Gasteiger partial charge in [-0.2, -0.15) is 0 Å². The highest BCUT2D eigenvalue weighted by Crippen LogP contribution is 2.30. The van der Waals surface area contributed by atoms with Gasteiger partial charge in [-0.3, -0.25) is 9.10 Å².